The molecule has 34 heavy (non-hydrogen) atoms. The fraction of sp³-hybridized carbons (Fsp3) is 0.111. The van der Waals surface area contributed by atoms with Gasteiger partial charge in [-0.15, -0.1) is 0 Å². The maximum atomic E-state index is 12.8. The van der Waals surface area contributed by atoms with Crippen molar-refractivity contribution >= 4 is 34.6 Å². The molecule has 3 heterocycles. The summed E-state index contributed by atoms with van der Waals surface area (Å²) in [4.78, 5) is 22.3. The smallest absolute Gasteiger partial charge is 0.264 e. The fourth-order valence-electron chi connectivity index (χ4n) is 3.83. The molecule has 6 nitrogen and oxygen atoms in total. The van der Waals surface area contributed by atoms with Gasteiger partial charge in [-0.25, -0.2) is 4.99 Å². The maximum absolute atomic E-state index is 12.8. The van der Waals surface area contributed by atoms with Crippen molar-refractivity contribution in [1.82, 2.24) is 20.1 Å². The second kappa shape index (κ2) is 9.49. The highest BCUT2D eigenvalue weighted by Gasteiger charge is 2.25. The molecule has 0 bridgehead atoms. The van der Waals surface area contributed by atoms with E-state index in [0.717, 1.165) is 39.2 Å². The van der Waals surface area contributed by atoms with Gasteiger partial charge in [-0.2, -0.15) is 5.10 Å². The molecular formula is C27H23N5OS. The van der Waals surface area contributed by atoms with E-state index in [9.17, 15) is 4.79 Å². The van der Waals surface area contributed by atoms with Gasteiger partial charge in [0.15, 0.2) is 5.17 Å². The summed E-state index contributed by atoms with van der Waals surface area (Å²) in [7, 11) is 0. The summed E-state index contributed by atoms with van der Waals surface area (Å²) in [5.41, 5.74) is 6.71. The molecule has 0 aliphatic carbocycles. The fourth-order valence-corrected chi connectivity index (χ4v) is 4.64. The van der Waals surface area contributed by atoms with E-state index in [2.05, 4.69) is 22.4 Å². The van der Waals surface area contributed by atoms with Crippen molar-refractivity contribution in [2.75, 3.05) is 0 Å². The number of nitrogens with zero attached hydrogens (tertiary/aromatic N) is 4. The first kappa shape index (κ1) is 21.9. The molecule has 168 valence electrons. The normalized spacial score (nSPS) is 15.8. The van der Waals surface area contributed by atoms with Crippen molar-refractivity contribution in [1.29, 1.82) is 0 Å². The first-order chi connectivity index (χ1) is 16.6. The Morgan fingerprint density at radius 2 is 1.82 bits per heavy atom. The van der Waals surface area contributed by atoms with Crippen LogP contribution in [-0.4, -0.2) is 25.8 Å². The quantitative estimate of drug-likeness (QED) is 0.395. The zero-order chi connectivity index (χ0) is 23.5. The Morgan fingerprint density at radius 1 is 1.03 bits per heavy atom. The number of hydrogen-bond donors (Lipinski definition) is 1. The minimum Gasteiger partial charge on any atom is -0.300 e. The number of amidine groups is 1. The van der Waals surface area contributed by atoms with Gasteiger partial charge in [0.2, 0.25) is 0 Å². The predicted octanol–water partition coefficient (Wildman–Crippen LogP) is 5.50. The summed E-state index contributed by atoms with van der Waals surface area (Å²) in [6.07, 6.45) is 7.37. The molecule has 2 aromatic heterocycles. The Bertz CT molecular complexity index is 1390. The van der Waals surface area contributed by atoms with Crippen LogP contribution in [0, 0.1) is 13.8 Å². The van der Waals surface area contributed by atoms with Crippen LogP contribution in [0.2, 0.25) is 0 Å². The van der Waals surface area contributed by atoms with E-state index in [1.54, 1.807) is 12.4 Å². The number of carbonyl (C=O) groups is 1. The summed E-state index contributed by atoms with van der Waals surface area (Å²) in [6, 6.07) is 20.1. The first-order valence-electron chi connectivity index (χ1n) is 10.9. The van der Waals surface area contributed by atoms with Crippen molar-refractivity contribution in [3.63, 3.8) is 0 Å². The topological polar surface area (TPSA) is 72.2 Å². The number of pyridine rings is 1. The number of para-hydroxylation sites is 1. The molecule has 0 radical (unpaired) electrons. The van der Waals surface area contributed by atoms with Crippen molar-refractivity contribution in [3.8, 4) is 11.3 Å². The average Bonchev–Trinajstić information content (AvgIpc) is 3.40. The zero-order valence-corrected chi connectivity index (χ0v) is 19.7. The standard InChI is InChI=1S/C27H23N5OS/c1-18-8-6-9-19(2)24(18)29-27-30-26(33)23(34-27)14-22-17-32(16-20-10-4-3-5-11-20)31-25(22)21-12-7-13-28-15-21/h3-15,17H,16H2,1-2H3,(H,29,30,33)/b23-14+. The predicted molar refractivity (Wildman–Crippen MR) is 138 cm³/mol. The van der Waals surface area contributed by atoms with E-state index >= 15 is 0 Å². The van der Waals surface area contributed by atoms with Gasteiger partial charge in [-0.05, 0) is 60.5 Å². The molecule has 1 amide bonds. The third kappa shape index (κ3) is 4.70. The number of benzene rings is 2. The lowest BCUT2D eigenvalue weighted by Crippen LogP contribution is -2.19. The van der Waals surface area contributed by atoms with Crippen LogP contribution in [0.15, 0.2) is 89.2 Å². The number of aromatic nitrogens is 3. The summed E-state index contributed by atoms with van der Waals surface area (Å²) < 4.78 is 1.90. The summed E-state index contributed by atoms with van der Waals surface area (Å²) >= 11 is 1.34. The molecule has 1 aliphatic heterocycles. The number of nitrogens with one attached hydrogen (secondary N) is 1. The van der Waals surface area contributed by atoms with Crippen LogP contribution in [0.3, 0.4) is 0 Å². The molecular weight excluding hydrogens is 442 g/mol. The molecule has 1 fully saturated rings. The van der Waals surface area contributed by atoms with Crippen LogP contribution in [-0.2, 0) is 11.3 Å². The number of aryl methyl sites for hydroxylation is 2. The van der Waals surface area contributed by atoms with Gasteiger partial charge in [-0.3, -0.25) is 14.5 Å². The SMILES string of the molecule is Cc1cccc(C)c1N=C1NC(=O)/C(=C\c2cn(Cc3ccccc3)nc2-c2cccnc2)S1. The van der Waals surface area contributed by atoms with Gasteiger partial charge in [0, 0.05) is 29.7 Å². The van der Waals surface area contributed by atoms with Gasteiger partial charge in [-0.1, -0.05) is 48.5 Å². The Labute approximate surface area is 202 Å². The molecule has 0 spiro atoms. The lowest BCUT2D eigenvalue weighted by atomic mass is 10.1. The molecule has 0 atom stereocenters. The lowest BCUT2D eigenvalue weighted by Gasteiger charge is -2.04. The molecule has 1 saturated heterocycles. The molecule has 0 saturated carbocycles. The second-order valence-electron chi connectivity index (χ2n) is 8.08. The number of aliphatic imine (C=N–C) groups is 1. The largest absolute Gasteiger partial charge is 0.300 e. The van der Waals surface area contributed by atoms with E-state index in [1.165, 1.54) is 11.8 Å². The van der Waals surface area contributed by atoms with Crippen LogP contribution < -0.4 is 5.32 Å². The van der Waals surface area contributed by atoms with Gasteiger partial charge in [0.1, 0.15) is 5.69 Å². The molecule has 2 aromatic carbocycles. The monoisotopic (exact) mass is 465 g/mol. The minimum absolute atomic E-state index is 0.164. The lowest BCUT2D eigenvalue weighted by molar-refractivity contribution is -0.115. The second-order valence-corrected chi connectivity index (χ2v) is 9.11. The van der Waals surface area contributed by atoms with E-state index < -0.39 is 0 Å². The molecule has 1 N–H and O–H groups in total. The van der Waals surface area contributed by atoms with E-state index in [0.29, 0.717) is 16.6 Å². The van der Waals surface area contributed by atoms with Crippen molar-refractivity contribution < 1.29 is 4.79 Å². The Morgan fingerprint density at radius 3 is 2.56 bits per heavy atom. The maximum Gasteiger partial charge on any atom is 0.264 e. The van der Waals surface area contributed by atoms with Crippen LogP contribution >= 0.6 is 11.8 Å². The Hall–Kier alpha value is -3.97. The van der Waals surface area contributed by atoms with E-state index in [1.807, 2.05) is 79.3 Å². The summed E-state index contributed by atoms with van der Waals surface area (Å²) in [5.74, 6) is -0.164. The summed E-state index contributed by atoms with van der Waals surface area (Å²) in [5, 5.41) is 8.29. The molecule has 0 unspecified atom stereocenters. The molecule has 4 aromatic rings. The zero-order valence-electron chi connectivity index (χ0n) is 18.9. The van der Waals surface area contributed by atoms with Crippen LogP contribution in [0.5, 0.6) is 0 Å². The third-order valence-electron chi connectivity index (χ3n) is 5.50. The van der Waals surface area contributed by atoms with Gasteiger partial charge >= 0.3 is 0 Å². The number of carbonyl (C=O) groups excluding carboxylic acids is 1. The summed E-state index contributed by atoms with van der Waals surface area (Å²) in [6.45, 7) is 4.67. The highest BCUT2D eigenvalue weighted by molar-refractivity contribution is 8.18. The third-order valence-corrected chi connectivity index (χ3v) is 6.41. The van der Waals surface area contributed by atoms with Crippen LogP contribution in [0.4, 0.5) is 5.69 Å². The van der Waals surface area contributed by atoms with Crippen LogP contribution in [0.1, 0.15) is 22.3 Å². The Balaban J connectivity index is 1.49. The number of thioether (sulfide) groups is 1. The van der Waals surface area contributed by atoms with Gasteiger partial charge < -0.3 is 5.32 Å². The molecule has 7 heteroatoms. The van der Waals surface area contributed by atoms with E-state index in [4.69, 9.17) is 10.1 Å². The van der Waals surface area contributed by atoms with Crippen molar-refractivity contribution in [3.05, 3.63) is 106 Å². The first-order valence-corrected chi connectivity index (χ1v) is 11.8. The van der Waals surface area contributed by atoms with E-state index in [-0.39, 0.29) is 5.91 Å². The molecule has 5 rings (SSSR count). The average molecular weight is 466 g/mol. The van der Waals surface area contributed by atoms with Gasteiger partial charge in [0.05, 0.1) is 17.1 Å². The number of hydrogen-bond acceptors (Lipinski definition) is 5. The molecule has 1 aliphatic rings. The number of amides is 1. The highest BCUT2D eigenvalue weighted by atomic mass is 32.2. The highest BCUT2D eigenvalue weighted by Crippen LogP contribution is 2.32. The Kier molecular flexibility index (Phi) is 6.10. The van der Waals surface area contributed by atoms with Gasteiger partial charge in [0.25, 0.3) is 5.91 Å². The number of rotatable bonds is 5. The van der Waals surface area contributed by atoms with Crippen molar-refractivity contribution in [2.45, 2.75) is 20.4 Å². The van der Waals surface area contributed by atoms with Crippen LogP contribution in [0.25, 0.3) is 17.3 Å². The van der Waals surface area contributed by atoms with Crippen molar-refractivity contribution in [2.24, 2.45) is 4.99 Å². The minimum atomic E-state index is -0.164.